The Hall–Kier alpha value is -2.37. The third kappa shape index (κ3) is 4.06. The molecule has 3 aromatic rings. The van der Waals surface area contributed by atoms with Crippen LogP contribution >= 0.6 is 27.5 Å². The van der Waals surface area contributed by atoms with Crippen LogP contribution in [-0.2, 0) is 0 Å². The zero-order valence-electron chi connectivity index (χ0n) is 14.3. The zero-order valence-corrected chi connectivity index (χ0v) is 16.7. The molecule has 0 aliphatic rings. The van der Waals surface area contributed by atoms with E-state index in [1.807, 2.05) is 38.1 Å². The van der Waals surface area contributed by atoms with Crippen LogP contribution in [0.4, 0.5) is 0 Å². The molecule has 0 aliphatic heterocycles. The van der Waals surface area contributed by atoms with Gasteiger partial charge in [-0.1, -0.05) is 39.7 Å². The Morgan fingerprint density at radius 1 is 1.15 bits per heavy atom. The summed E-state index contributed by atoms with van der Waals surface area (Å²) in [5.41, 5.74) is 7.14. The largest absolute Gasteiger partial charge is 0.318 e. The topological polar surface area (TPSA) is 46.4 Å². The first-order valence-electron chi connectivity index (χ1n) is 7.99. The molecule has 4 nitrogen and oxygen atoms in total. The summed E-state index contributed by atoms with van der Waals surface area (Å²) in [6.07, 6.45) is 1.65. The van der Waals surface area contributed by atoms with E-state index in [0.29, 0.717) is 10.6 Å². The number of aryl methyl sites for hydroxylation is 1. The number of hydrazone groups is 1. The predicted molar refractivity (Wildman–Crippen MR) is 109 cm³/mol. The summed E-state index contributed by atoms with van der Waals surface area (Å²) < 4.78 is 3.16. The monoisotopic (exact) mass is 429 g/mol. The van der Waals surface area contributed by atoms with E-state index in [4.69, 9.17) is 11.6 Å². The van der Waals surface area contributed by atoms with Gasteiger partial charge in [-0.3, -0.25) is 4.79 Å². The Bertz CT molecular complexity index is 994. The molecule has 0 spiro atoms. The average Bonchev–Trinajstić information content (AvgIpc) is 2.88. The second kappa shape index (κ2) is 7.89. The summed E-state index contributed by atoms with van der Waals surface area (Å²) in [7, 11) is 0. The lowest BCUT2D eigenvalue weighted by Crippen LogP contribution is -2.17. The van der Waals surface area contributed by atoms with Gasteiger partial charge in [0.15, 0.2) is 0 Å². The Balaban J connectivity index is 1.79. The first-order valence-corrected chi connectivity index (χ1v) is 9.16. The second-order valence-corrected chi connectivity index (χ2v) is 7.20. The molecule has 0 unspecified atom stereocenters. The zero-order chi connectivity index (χ0) is 18.7. The first kappa shape index (κ1) is 18.4. The van der Waals surface area contributed by atoms with Gasteiger partial charge in [-0.25, -0.2) is 5.43 Å². The van der Waals surface area contributed by atoms with Crippen LogP contribution in [0.2, 0.25) is 5.02 Å². The van der Waals surface area contributed by atoms with Crippen LogP contribution in [0.3, 0.4) is 0 Å². The van der Waals surface area contributed by atoms with E-state index >= 15 is 0 Å². The van der Waals surface area contributed by atoms with E-state index in [2.05, 4.69) is 37.1 Å². The van der Waals surface area contributed by atoms with Crippen molar-refractivity contribution in [2.75, 3.05) is 0 Å². The molecular weight excluding hydrogens is 414 g/mol. The maximum atomic E-state index is 12.1. The number of aromatic nitrogens is 1. The SMILES string of the molecule is Cc1cc(/C=N\NC(=O)c2cccc(Cl)c2)c(C)n1-c1cccc(Br)c1. The Kier molecular flexibility index (Phi) is 5.59. The highest BCUT2D eigenvalue weighted by molar-refractivity contribution is 9.10. The number of nitrogens with one attached hydrogen (secondary N) is 1. The minimum Gasteiger partial charge on any atom is -0.318 e. The highest BCUT2D eigenvalue weighted by Crippen LogP contribution is 2.22. The van der Waals surface area contributed by atoms with Gasteiger partial charge in [0.05, 0.1) is 6.21 Å². The van der Waals surface area contributed by atoms with Crippen LogP contribution in [0, 0.1) is 13.8 Å². The third-order valence-electron chi connectivity index (χ3n) is 3.99. The van der Waals surface area contributed by atoms with E-state index in [-0.39, 0.29) is 5.91 Å². The van der Waals surface area contributed by atoms with Crippen LogP contribution in [0.25, 0.3) is 5.69 Å². The number of nitrogens with zero attached hydrogens (tertiary/aromatic N) is 2. The Morgan fingerprint density at radius 2 is 1.92 bits per heavy atom. The lowest BCUT2D eigenvalue weighted by Gasteiger charge is -2.09. The molecule has 1 aromatic heterocycles. The molecule has 2 aromatic carbocycles. The molecule has 0 aliphatic carbocycles. The quantitative estimate of drug-likeness (QED) is 0.444. The molecule has 0 radical (unpaired) electrons. The number of carbonyl (C=O) groups excluding carboxylic acids is 1. The molecule has 0 atom stereocenters. The van der Waals surface area contributed by atoms with Crippen molar-refractivity contribution in [3.8, 4) is 5.69 Å². The van der Waals surface area contributed by atoms with Crippen molar-refractivity contribution in [1.29, 1.82) is 0 Å². The smallest absolute Gasteiger partial charge is 0.271 e. The minimum absolute atomic E-state index is 0.301. The summed E-state index contributed by atoms with van der Waals surface area (Å²) in [6, 6.07) is 16.9. The number of halogens is 2. The molecule has 1 heterocycles. The number of carbonyl (C=O) groups is 1. The van der Waals surface area contributed by atoms with E-state index in [0.717, 1.165) is 27.1 Å². The van der Waals surface area contributed by atoms with Gasteiger partial charge in [0.25, 0.3) is 5.91 Å². The van der Waals surface area contributed by atoms with Gasteiger partial charge in [-0.15, -0.1) is 0 Å². The molecule has 132 valence electrons. The van der Waals surface area contributed by atoms with Crippen LogP contribution in [-0.4, -0.2) is 16.7 Å². The van der Waals surface area contributed by atoms with E-state index in [1.165, 1.54) is 0 Å². The molecule has 0 saturated heterocycles. The van der Waals surface area contributed by atoms with Crippen LogP contribution in [0.15, 0.2) is 64.2 Å². The maximum absolute atomic E-state index is 12.1. The van der Waals surface area contributed by atoms with Crippen molar-refractivity contribution < 1.29 is 4.79 Å². The van der Waals surface area contributed by atoms with Gasteiger partial charge in [-0.05, 0) is 56.3 Å². The highest BCUT2D eigenvalue weighted by atomic mass is 79.9. The lowest BCUT2D eigenvalue weighted by atomic mass is 10.2. The van der Waals surface area contributed by atoms with Gasteiger partial charge >= 0.3 is 0 Å². The summed E-state index contributed by atoms with van der Waals surface area (Å²) in [4.78, 5) is 12.1. The maximum Gasteiger partial charge on any atom is 0.271 e. The molecule has 0 saturated carbocycles. The fourth-order valence-corrected chi connectivity index (χ4v) is 3.36. The molecule has 0 fully saturated rings. The van der Waals surface area contributed by atoms with E-state index in [1.54, 1.807) is 30.5 Å². The standard InChI is InChI=1S/C20H17BrClN3O/c1-13-9-16(14(2)25(13)19-8-4-6-17(21)11-19)12-23-24-20(26)15-5-3-7-18(22)10-15/h3-12H,1-2H3,(H,24,26)/b23-12-. The molecule has 1 N–H and O–H groups in total. The molecule has 3 rings (SSSR count). The normalized spacial score (nSPS) is 11.1. The second-order valence-electron chi connectivity index (χ2n) is 5.85. The fraction of sp³-hybridized carbons (Fsp3) is 0.100. The average molecular weight is 431 g/mol. The van der Waals surface area contributed by atoms with E-state index in [9.17, 15) is 4.79 Å². The van der Waals surface area contributed by atoms with Crippen LogP contribution in [0.1, 0.15) is 27.3 Å². The van der Waals surface area contributed by atoms with Crippen LogP contribution < -0.4 is 5.43 Å². The van der Waals surface area contributed by atoms with Gasteiger partial charge in [0, 0.05) is 37.7 Å². The summed E-state index contributed by atoms with van der Waals surface area (Å²) in [6.45, 7) is 4.06. The molecule has 1 amide bonds. The first-order chi connectivity index (χ1) is 12.5. The Morgan fingerprint density at radius 3 is 2.65 bits per heavy atom. The number of amides is 1. The van der Waals surface area contributed by atoms with Gasteiger partial charge < -0.3 is 4.57 Å². The van der Waals surface area contributed by atoms with Crippen molar-refractivity contribution in [2.45, 2.75) is 13.8 Å². The highest BCUT2D eigenvalue weighted by Gasteiger charge is 2.10. The summed E-state index contributed by atoms with van der Waals surface area (Å²) >= 11 is 9.41. The lowest BCUT2D eigenvalue weighted by molar-refractivity contribution is 0.0955. The van der Waals surface area contributed by atoms with Crippen LogP contribution in [0.5, 0.6) is 0 Å². The number of hydrogen-bond acceptors (Lipinski definition) is 2. The predicted octanol–water partition coefficient (Wildman–Crippen LogP) is 5.27. The number of hydrogen-bond donors (Lipinski definition) is 1. The van der Waals surface area contributed by atoms with Crippen molar-refractivity contribution >= 4 is 39.7 Å². The van der Waals surface area contributed by atoms with Crippen molar-refractivity contribution in [1.82, 2.24) is 9.99 Å². The number of benzene rings is 2. The van der Waals surface area contributed by atoms with Gasteiger partial charge in [0.1, 0.15) is 0 Å². The molecular formula is C20H17BrClN3O. The minimum atomic E-state index is -0.301. The molecule has 6 heteroatoms. The van der Waals surface area contributed by atoms with Gasteiger partial charge in [0.2, 0.25) is 0 Å². The van der Waals surface area contributed by atoms with E-state index < -0.39 is 0 Å². The van der Waals surface area contributed by atoms with Gasteiger partial charge in [-0.2, -0.15) is 5.10 Å². The Labute approximate surface area is 165 Å². The molecule has 0 bridgehead atoms. The fourth-order valence-electron chi connectivity index (χ4n) is 2.79. The molecule has 26 heavy (non-hydrogen) atoms. The summed E-state index contributed by atoms with van der Waals surface area (Å²) in [5, 5.41) is 4.60. The summed E-state index contributed by atoms with van der Waals surface area (Å²) in [5.74, 6) is -0.301. The number of rotatable bonds is 4. The van der Waals surface area contributed by atoms with Crippen molar-refractivity contribution in [2.24, 2.45) is 5.10 Å². The third-order valence-corrected chi connectivity index (χ3v) is 4.72. The van der Waals surface area contributed by atoms with Crippen molar-refractivity contribution in [3.05, 3.63) is 86.6 Å². The van der Waals surface area contributed by atoms with Crippen molar-refractivity contribution in [3.63, 3.8) is 0 Å².